The number of nitrogens with zero attached hydrogens (tertiary/aromatic N) is 1. The molecule has 0 saturated carbocycles. The van der Waals surface area contributed by atoms with Crippen molar-refractivity contribution in [1.82, 2.24) is 10.6 Å². The van der Waals surface area contributed by atoms with Crippen molar-refractivity contribution in [3.05, 3.63) is 23.9 Å². The quantitative estimate of drug-likeness (QED) is 0.588. The van der Waals surface area contributed by atoms with Gasteiger partial charge in [0.15, 0.2) is 0 Å². The Morgan fingerprint density at radius 3 is 3.08 bits per heavy atom. The first-order valence-corrected chi connectivity index (χ1v) is 4.33. The highest BCUT2D eigenvalue weighted by molar-refractivity contribution is 5.99. The summed E-state index contributed by atoms with van der Waals surface area (Å²) in [5, 5.41) is 6.44. The van der Waals surface area contributed by atoms with Crippen molar-refractivity contribution in [1.29, 1.82) is 0 Å². The van der Waals surface area contributed by atoms with Gasteiger partial charge in [-0.15, -0.1) is 0 Å². The predicted octanol–water partition coefficient (Wildman–Crippen LogP) is 0.422. The van der Waals surface area contributed by atoms with E-state index in [0.29, 0.717) is 0 Å². The van der Waals surface area contributed by atoms with Gasteiger partial charge in [-0.2, -0.15) is 0 Å². The van der Waals surface area contributed by atoms with Crippen LogP contribution in [0.5, 0.6) is 0 Å². The summed E-state index contributed by atoms with van der Waals surface area (Å²) >= 11 is 0. The molecule has 0 atom stereocenters. The van der Waals surface area contributed by atoms with Gasteiger partial charge >= 0.3 is 0 Å². The van der Waals surface area contributed by atoms with E-state index < -0.39 is 0 Å². The zero-order valence-electron chi connectivity index (χ0n) is 7.01. The summed E-state index contributed by atoms with van der Waals surface area (Å²) in [6.45, 7) is 2.85. The van der Waals surface area contributed by atoms with Crippen molar-refractivity contribution in [3.63, 3.8) is 0 Å². The van der Waals surface area contributed by atoms with Gasteiger partial charge in [0.25, 0.3) is 0 Å². The average molecular weight is 163 g/mol. The van der Waals surface area contributed by atoms with Crippen LogP contribution in [0.25, 0.3) is 0 Å². The van der Waals surface area contributed by atoms with Gasteiger partial charge in [-0.25, -0.2) is 0 Å². The topological polar surface area (TPSA) is 36.4 Å². The second kappa shape index (κ2) is 3.54. The average Bonchev–Trinajstić information content (AvgIpc) is 2.21. The van der Waals surface area contributed by atoms with Gasteiger partial charge in [0, 0.05) is 12.7 Å². The monoisotopic (exact) mass is 163 g/mol. The molecule has 0 amide bonds. The normalized spacial score (nSPS) is 22.7. The number of amidine groups is 1. The standard InChI is InChI=1S/C9H13N3/c1-4-11-9(12-5-1)8-2-6-10-7-3-8/h1-2,4,10H,3,5-7H2,(H,11,12). The summed E-state index contributed by atoms with van der Waals surface area (Å²) in [4.78, 5) is 4.38. The van der Waals surface area contributed by atoms with Gasteiger partial charge in [0.1, 0.15) is 5.84 Å². The second-order valence-corrected chi connectivity index (χ2v) is 2.92. The first-order valence-electron chi connectivity index (χ1n) is 4.33. The molecular weight excluding hydrogens is 150 g/mol. The maximum Gasteiger partial charge on any atom is 0.128 e. The van der Waals surface area contributed by atoms with E-state index >= 15 is 0 Å². The number of rotatable bonds is 1. The largest absolute Gasteiger partial charge is 0.347 e. The van der Waals surface area contributed by atoms with Crippen LogP contribution in [0, 0.1) is 0 Å². The molecule has 0 aliphatic carbocycles. The van der Waals surface area contributed by atoms with E-state index in [9.17, 15) is 0 Å². The van der Waals surface area contributed by atoms with Crippen molar-refractivity contribution in [2.45, 2.75) is 6.42 Å². The molecule has 2 heterocycles. The predicted molar refractivity (Wildman–Crippen MR) is 50.1 cm³/mol. The summed E-state index contributed by atoms with van der Waals surface area (Å²) in [5.41, 5.74) is 1.35. The molecule has 0 bridgehead atoms. The Balaban J connectivity index is 2.07. The third-order valence-corrected chi connectivity index (χ3v) is 2.06. The van der Waals surface area contributed by atoms with E-state index in [1.54, 1.807) is 0 Å². The lowest BCUT2D eigenvalue weighted by Gasteiger charge is -2.17. The number of hydrogen-bond donors (Lipinski definition) is 2. The Bertz CT molecular complexity index is 244. The molecular formula is C9H13N3. The maximum atomic E-state index is 4.38. The highest BCUT2D eigenvalue weighted by Crippen LogP contribution is 2.06. The highest BCUT2D eigenvalue weighted by atomic mass is 15.0. The van der Waals surface area contributed by atoms with Crippen molar-refractivity contribution in [3.8, 4) is 0 Å². The van der Waals surface area contributed by atoms with Gasteiger partial charge in [-0.05, 0) is 24.6 Å². The van der Waals surface area contributed by atoms with Crippen LogP contribution in [-0.4, -0.2) is 25.5 Å². The molecule has 2 N–H and O–H groups in total. The molecule has 2 aliphatic heterocycles. The van der Waals surface area contributed by atoms with Crippen molar-refractivity contribution < 1.29 is 0 Å². The van der Waals surface area contributed by atoms with Crippen molar-refractivity contribution in [2.75, 3.05) is 19.6 Å². The minimum absolute atomic E-state index is 0.813. The zero-order valence-corrected chi connectivity index (χ0v) is 7.01. The van der Waals surface area contributed by atoms with Crippen LogP contribution < -0.4 is 10.6 Å². The molecule has 0 aromatic heterocycles. The van der Waals surface area contributed by atoms with Crippen LogP contribution in [-0.2, 0) is 0 Å². The smallest absolute Gasteiger partial charge is 0.128 e. The Kier molecular flexibility index (Phi) is 2.23. The van der Waals surface area contributed by atoms with E-state index in [2.05, 4.69) is 21.7 Å². The third-order valence-electron chi connectivity index (χ3n) is 2.06. The Morgan fingerprint density at radius 1 is 1.42 bits per heavy atom. The molecule has 2 aliphatic rings. The molecule has 0 aromatic carbocycles. The Morgan fingerprint density at radius 2 is 2.42 bits per heavy atom. The maximum absolute atomic E-state index is 4.38. The molecule has 0 saturated heterocycles. The first kappa shape index (κ1) is 7.55. The SMILES string of the molecule is C1=CNC(C2=CCNCC2)=NC1. The van der Waals surface area contributed by atoms with Gasteiger partial charge in [-0.1, -0.05) is 6.08 Å². The van der Waals surface area contributed by atoms with Gasteiger partial charge in [0.2, 0.25) is 0 Å². The van der Waals surface area contributed by atoms with Gasteiger partial charge in [0.05, 0.1) is 6.54 Å². The summed E-state index contributed by atoms with van der Waals surface area (Å²) in [7, 11) is 0. The molecule has 12 heavy (non-hydrogen) atoms. The molecule has 2 rings (SSSR count). The first-order chi connectivity index (χ1) is 5.97. The van der Waals surface area contributed by atoms with Crippen molar-refractivity contribution >= 4 is 5.84 Å². The van der Waals surface area contributed by atoms with Crippen LogP contribution in [0.4, 0.5) is 0 Å². The minimum atomic E-state index is 0.813. The lowest BCUT2D eigenvalue weighted by atomic mass is 10.1. The van der Waals surface area contributed by atoms with Crippen LogP contribution in [0.1, 0.15) is 6.42 Å². The number of hydrogen-bond acceptors (Lipinski definition) is 3. The minimum Gasteiger partial charge on any atom is -0.347 e. The van der Waals surface area contributed by atoms with E-state index in [1.165, 1.54) is 5.57 Å². The molecule has 64 valence electrons. The molecule has 3 nitrogen and oxygen atoms in total. The van der Waals surface area contributed by atoms with Crippen LogP contribution >= 0.6 is 0 Å². The number of aliphatic imine (C=N–C) groups is 1. The van der Waals surface area contributed by atoms with Crippen LogP contribution in [0.15, 0.2) is 28.9 Å². The number of nitrogens with one attached hydrogen (secondary N) is 2. The van der Waals surface area contributed by atoms with Gasteiger partial charge < -0.3 is 10.6 Å². The van der Waals surface area contributed by atoms with Crippen molar-refractivity contribution in [2.24, 2.45) is 4.99 Å². The fraction of sp³-hybridized carbons (Fsp3) is 0.444. The Labute approximate surface area is 72.3 Å². The molecule has 0 spiro atoms. The lowest BCUT2D eigenvalue weighted by molar-refractivity contribution is 0.714. The highest BCUT2D eigenvalue weighted by Gasteiger charge is 2.09. The molecule has 0 aromatic rings. The summed E-state index contributed by atoms with van der Waals surface area (Å²) in [5.74, 6) is 1.05. The van der Waals surface area contributed by atoms with E-state index in [0.717, 1.165) is 31.9 Å². The summed E-state index contributed by atoms with van der Waals surface area (Å²) in [6.07, 6.45) is 7.27. The molecule has 0 unspecified atom stereocenters. The van der Waals surface area contributed by atoms with E-state index in [-0.39, 0.29) is 0 Å². The Hall–Kier alpha value is -1.09. The molecule has 3 heteroatoms. The molecule has 0 radical (unpaired) electrons. The van der Waals surface area contributed by atoms with Crippen LogP contribution in [0.3, 0.4) is 0 Å². The summed E-state index contributed by atoms with van der Waals surface area (Å²) in [6, 6.07) is 0. The zero-order chi connectivity index (χ0) is 8.23. The molecule has 0 fully saturated rings. The fourth-order valence-corrected chi connectivity index (χ4v) is 1.41. The van der Waals surface area contributed by atoms with Gasteiger partial charge in [-0.3, -0.25) is 4.99 Å². The second-order valence-electron chi connectivity index (χ2n) is 2.92. The van der Waals surface area contributed by atoms with E-state index in [4.69, 9.17) is 0 Å². The third kappa shape index (κ3) is 1.56. The fourth-order valence-electron chi connectivity index (χ4n) is 1.41. The summed E-state index contributed by atoms with van der Waals surface area (Å²) < 4.78 is 0. The lowest BCUT2D eigenvalue weighted by Crippen LogP contribution is -2.29. The van der Waals surface area contributed by atoms with E-state index in [1.807, 2.05) is 12.3 Å². The van der Waals surface area contributed by atoms with Crippen LogP contribution in [0.2, 0.25) is 0 Å².